The number of nitrogens with one attached hydrogen (secondary N) is 2. The van der Waals surface area contributed by atoms with E-state index >= 15 is 0 Å². The van der Waals surface area contributed by atoms with Gasteiger partial charge >= 0.3 is 0 Å². The Balaban J connectivity index is 1.85. The van der Waals surface area contributed by atoms with Crippen molar-refractivity contribution in [3.05, 3.63) is 75.4 Å². The molecule has 3 heterocycles. The second-order valence-corrected chi connectivity index (χ2v) is 7.36. The molecule has 7 nitrogen and oxygen atoms in total. The van der Waals surface area contributed by atoms with Crippen LogP contribution in [0.25, 0.3) is 17.0 Å². The Kier molecular flexibility index (Phi) is 5.27. The number of rotatable bonds is 4. The van der Waals surface area contributed by atoms with Crippen LogP contribution in [0.5, 0.6) is 0 Å². The highest BCUT2D eigenvalue weighted by atomic mass is 35.5. The van der Waals surface area contributed by atoms with E-state index in [1.807, 2.05) is 25.1 Å². The highest BCUT2D eigenvalue weighted by molar-refractivity contribution is 6.36. The summed E-state index contributed by atoms with van der Waals surface area (Å²) in [6, 6.07) is 5.24. The Hall–Kier alpha value is -2.87. The fourth-order valence-corrected chi connectivity index (χ4v) is 3.72. The largest absolute Gasteiger partial charge is 0.386 e. The van der Waals surface area contributed by atoms with Crippen LogP contribution in [0.3, 0.4) is 0 Å². The Labute approximate surface area is 177 Å². The summed E-state index contributed by atoms with van der Waals surface area (Å²) in [7, 11) is 0. The molecule has 1 amide bonds. The first kappa shape index (κ1) is 19.4. The van der Waals surface area contributed by atoms with Gasteiger partial charge in [0.1, 0.15) is 5.69 Å². The van der Waals surface area contributed by atoms with Gasteiger partial charge in [-0.15, -0.1) is 0 Å². The van der Waals surface area contributed by atoms with Crippen LogP contribution in [0.1, 0.15) is 21.7 Å². The fraction of sp³-hybridized carbons (Fsp3) is 0.150. The number of nitrogens with zero attached hydrogens (tertiary/aromatic N) is 3. The van der Waals surface area contributed by atoms with Gasteiger partial charge in [0.15, 0.2) is 0 Å². The third-order valence-corrected chi connectivity index (χ3v) is 5.14. The molecule has 4 N–H and O–H groups in total. The molecular formula is C20H18Cl2N6O. The quantitative estimate of drug-likeness (QED) is 0.592. The maximum Gasteiger partial charge on any atom is 0.275 e. The number of benzene rings is 1. The van der Waals surface area contributed by atoms with E-state index in [9.17, 15) is 4.79 Å². The number of allylic oxidation sites excluding steroid dienone is 1. The Bertz CT molecular complexity index is 1180. The predicted octanol–water partition coefficient (Wildman–Crippen LogP) is 3.20. The molecule has 0 saturated carbocycles. The third-order valence-electron chi connectivity index (χ3n) is 4.59. The van der Waals surface area contributed by atoms with Crippen LogP contribution in [0.15, 0.2) is 48.4 Å². The molecule has 0 radical (unpaired) electrons. The monoisotopic (exact) mass is 428 g/mol. The van der Waals surface area contributed by atoms with Crippen LogP contribution in [0, 0.1) is 6.92 Å². The molecule has 2 aromatic heterocycles. The van der Waals surface area contributed by atoms with E-state index in [-0.39, 0.29) is 18.1 Å². The Morgan fingerprint density at radius 3 is 2.86 bits per heavy atom. The zero-order chi connectivity index (χ0) is 20.5. The molecular weight excluding hydrogens is 411 g/mol. The van der Waals surface area contributed by atoms with Crippen LogP contribution in [0.4, 0.5) is 0 Å². The van der Waals surface area contributed by atoms with Crippen molar-refractivity contribution in [2.45, 2.75) is 13.5 Å². The van der Waals surface area contributed by atoms with Crippen LogP contribution in [-0.4, -0.2) is 26.8 Å². The lowest BCUT2D eigenvalue weighted by Crippen LogP contribution is -2.25. The number of hydrogen-bond acceptors (Lipinski definition) is 5. The predicted molar refractivity (Wildman–Crippen MR) is 114 cm³/mol. The van der Waals surface area contributed by atoms with Crippen molar-refractivity contribution in [1.29, 1.82) is 0 Å². The lowest BCUT2D eigenvalue weighted by atomic mass is 10.0. The standard InChI is InChI=1S/C20H18Cl2N6O/c1-11-15(8-23)18(14-5-4-12(21)7-16(14)22)28-10-17(27-20(28)25-11)19(29)26-13-3-2-6-24-9-13/h2-5,7,9-10,24H,6,8,23H2,1H3,(H,26,29). The van der Waals surface area contributed by atoms with Crippen LogP contribution in [0.2, 0.25) is 10.0 Å². The molecule has 148 valence electrons. The van der Waals surface area contributed by atoms with Gasteiger partial charge in [-0.2, -0.15) is 0 Å². The van der Waals surface area contributed by atoms with Crippen LogP contribution < -0.4 is 16.4 Å². The number of imidazole rings is 1. The molecule has 4 rings (SSSR count). The second kappa shape index (κ2) is 7.87. The van der Waals surface area contributed by atoms with Gasteiger partial charge in [0.2, 0.25) is 5.78 Å². The number of carbonyl (C=O) groups is 1. The van der Waals surface area contributed by atoms with Gasteiger partial charge in [-0.3, -0.25) is 9.20 Å². The highest BCUT2D eigenvalue weighted by Gasteiger charge is 2.20. The summed E-state index contributed by atoms with van der Waals surface area (Å²) in [5, 5.41) is 6.86. The lowest BCUT2D eigenvalue weighted by Gasteiger charge is -2.14. The second-order valence-electron chi connectivity index (χ2n) is 6.51. The van der Waals surface area contributed by atoms with Crippen molar-refractivity contribution in [2.24, 2.45) is 5.73 Å². The summed E-state index contributed by atoms with van der Waals surface area (Å²) >= 11 is 12.5. The summed E-state index contributed by atoms with van der Waals surface area (Å²) in [4.78, 5) is 21.6. The molecule has 0 saturated heterocycles. The molecule has 0 spiro atoms. The van der Waals surface area contributed by atoms with Gasteiger partial charge in [0.05, 0.1) is 16.4 Å². The van der Waals surface area contributed by atoms with E-state index in [0.29, 0.717) is 21.5 Å². The SMILES string of the molecule is Cc1nc2nc(C(=O)NC3=CNCC=C3)cn2c(-c2ccc(Cl)cc2Cl)c1CN. The number of halogens is 2. The molecule has 0 aliphatic carbocycles. The first-order valence-electron chi connectivity index (χ1n) is 8.93. The minimum Gasteiger partial charge on any atom is -0.386 e. The molecule has 1 aliphatic rings. The summed E-state index contributed by atoms with van der Waals surface area (Å²) < 4.78 is 1.74. The van der Waals surface area contributed by atoms with E-state index in [0.717, 1.165) is 29.1 Å². The number of aryl methyl sites for hydroxylation is 1. The number of carbonyl (C=O) groups excluding carboxylic acids is 1. The molecule has 29 heavy (non-hydrogen) atoms. The van der Waals surface area contributed by atoms with E-state index in [4.69, 9.17) is 28.9 Å². The topological polar surface area (TPSA) is 97.3 Å². The molecule has 9 heteroatoms. The normalized spacial score (nSPS) is 13.3. The van der Waals surface area contributed by atoms with Crippen molar-refractivity contribution in [3.63, 3.8) is 0 Å². The number of amides is 1. The molecule has 0 fully saturated rings. The highest BCUT2D eigenvalue weighted by Crippen LogP contribution is 2.34. The molecule has 3 aromatic rings. The summed E-state index contributed by atoms with van der Waals surface area (Å²) in [6.45, 7) is 2.84. The van der Waals surface area contributed by atoms with Crippen LogP contribution >= 0.6 is 23.2 Å². The van der Waals surface area contributed by atoms with Crippen molar-refractivity contribution in [1.82, 2.24) is 25.0 Å². The average Bonchev–Trinajstić information content (AvgIpc) is 3.12. The lowest BCUT2D eigenvalue weighted by molar-refractivity contribution is 0.0962. The van der Waals surface area contributed by atoms with Crippen molar-refractivity contribution in [3.8, 4) is 11.3 Å². The van der Waals surface area contributed by atoms with Crippen molar-refractivity contribution in [2.75, 3.05) is 6.54 Å². The van der Waals surface area contributed by atoms with Crippen molar-refractivity contribution >= 4 is 34.9 Å². The van der Waals surface area contributed by atoms with E-state index in [1.54, 1.807) is 28.9 Å². The number of nitrogens with two attached hydrogens (primary N) is 1. The molecule has 0 unspecified atom stereocenters. The number of fused-ring (bicyclic) bond motifs is 1. The number of hydrogen-bond donors (Lipinski definition) is 3. The molecule has 0 bridgehead atoms. The first-order valence-corrected chi connectivity index (χ1v) is 9.69. The van der Waals surface area contributed by atoms with Gasteiger partial charge in [-0.25, -0.2) is 9.97 Å². The smallest absolute Gasteiger partial charge is 0.275 e. The molecule has 0 atom stereocenters. The van der Waals surface area contributed by atoms with E-state index < -0.39 is 0 Å². The number of aromatic nitrogens is 3. The van der Waals surface area contributed by atoms with Gasteiger partial charge in [0.25, 0.3) is 5.91 Å². The maximum atomic E-state index is 12.7. The van der Waals surface area contributed by atoms with Crippen molar-refractivity contribution < 1.29 is 4.79 Å². The van der Waals surface area contributed by atoms with Gasteiger partial charge in [-0.1, -0.05) is 29.3 Å². The number of dihydropyridines is 1. The average molecular weight is 429 g/mol. The summed E-state index contributed by atoms with van der Waals surface area (Å²) in [5.74, 6) is 0.0485. The van der Waals surface area contributed by atoms with E-state index in [2.05, 4.69) is 20.6 Å². The Morgan fingerprint density at radius 1 is 1.34 bits per heavy atom. The molecule has 1 aliphatic heterocycles. The minimum absolute atomic E-state index is 0.234. The maximum absolute atomic E-state index is 12.7. The zero-order valence-corrected chi connectivity index (χ0v) is 17.1. The van der Waals surface area contributed by atoms with Gasteiger partial charge in [-0.05, 0) is 31.2 Å². The summed E-state index contributed by atoms with van der Waals surface area (Å²) in [5.41, 5.74) is 9.91. The minimum atomic E-state index is -0.338. The zero-order valence-electron chi connectivity index (χ0n) is 15.5. The Morgan fingerprint density at radius 2 is 2.17 bits per heavy atom. The first-order chi connectivity index (χ1) is 14.0. The van der Waals surface area contributed by atoms with Gasteiger partial charge < -0.3 is 16.4 Å². The van der Waals surface area contributed by atoms with Gasteiger partial charge in [0, 0.05) is 47.3 Å². The third kappa shape index (κ3) is 3.72. The van der Waals surface area contributed by atoms with E-state index in [1.165, 1.54) is 0 Å². The van der Waals surface area contributed by atoms with Crippen LogP contribution in [-0.2, 0) is 6.54 Å². The molecule has 1 aromatic carbocycles. The fourth-order valence-electron chi connectivity index (χ4n) is 3.22. The summed E-state index contributed by atoms with van der Waals surface area (Å²) in [6.07, 6.45) is 7.12.